The molecule has 1 saturated carbocycles. The van der Waals surface area contributed by atoms with Crippen LogP contribution in [0.1, 0.15) is 32.1 Å². The third-order valence-corrected chi connectivity index (χ3v) is 2.02. The van der Waals surface area contributed by atoms with Crippen LogP contribution < -0.4 is 0 Å². The predicted octanol–water partition coefficient (Wildman–Crippen LogP) is 1.86. The SMILES string of the molecule is O=C(O)CC1CC[CH]CC1. The van der Waals surface area contributed by atoms with Gasteiger partial charge in [-0.25, -0.2) is 0 Å². The van der Waals surface area contributed by atoms with E-state index in [0.29, 0.717) is 12.3 Å². The molecule has 1 rings (SSSR count). The van der Waals surface area contributed by atoms with E-state index >= 15 is 0 Å². The van der Waals surface area contributed by atoms with Gasteiger partial charge in [-0.15, -0.1) is 0 Å². The van der Waals surface area contributed by atoms with Gasteiger partial charge in [-0.3, -0.25) is 4.79 Å². The van der Waals surface area contributed by atoms with Crippen molar-refractivity contribution in [1.29, 1.82) is 0 Å². The van der Waals surface area contributed by atoms with E-state index in [2.05, 4.69) is 6.42 Å². The number of carbonyl (C=O) groups is 1. The van der Waals surface area contributed by atoms with E-state index in [1.54, 1.807) is 0 Å². The second-order valence-electron chi connectivity index (χ2n) is 2.91. The molecule has 0 atom stereocenters. The molecule has 1 aliphatic carbocycles. The van der Waals surface area contributed by atoms with Crippen LogP contribution in [0.2, 0.25) is 0 Å². The van der Waals surface area contributed by atoms with Gasteiger partial charge < -0.3 is 5.11 Å². The standard InChI is InChI=1S/C8H13O2/c9-8(10)6-7-4-2-1-3-5-7/h1,7H,2-6H2,(H,9,10). The van der Waals surface area contributed by atoms with E-state index in [9.17, 15) is 4.79 Å². The summed E-state index contributed by atoms with van der Waals surface area (Å²) < 4.78 is 0. The van der Waals surface area contributed by atoms with Crippen molar-refractivity contribution in [3.05, 3.63) is 6.42 Å². The lowest BCUT2D eigenvalue weighted by Gasteiger charge is -2.18. The molecule has 0 heterocycles. The van der Waals surface area contributed by atoms with Crippen molar-refractivity contribution in [2.75, 3.05) is 0 Å². The topological polar surface area (TPSA) is 37.3 Å². The van der Waals surface area contributed by atoms with Gasteiger partial charge in [-0.2, -0.15) is 0 Å². The number of hydrogen-bond acceptors (Lipinski definition) is 1. The molecule has 2 heteroatoms. The summed E-state index contributed by atoms with van der Waals surface area (Å²) >= 11 is 0. The zero-order valence-electron chi connectivity index (χ0n) is 6.05. The number of aliphatic carboxylic acids is 1. The lowest BCUT2D eigenvalue weighted by atomic mass is 9.87. The van der Waals surface area contributed by atoms with Crippen molar-refractivity contribution in [3.63, 3.8) is 0 Å². The van der Waals surface area contributed by atoms with Gasteiger partial charge in [0, 0.05) is 6.42 Å². The Morgan fingerprint density at radius 1 is 1.50 bits per heavy atom. The summed E-state index contributed by atoms with van der Waals surface area (Å²) in [5, 5.41) is 8.46. The van der Waals surface area contributed by atoms with Crippen LogP contribution in [0.4, 0.5) is 0 Å². The second-order valence-corrected chi connectivity index (χ2v) is 2.91. The molecule has 0 aromatic rings. The molecule has 0 bridgehead atoms. The molecule has 1 N–H and O–H groups in total. The van der Waals surface area contributed by atoms with Crippen LogP contribution in [0, 0.1) is 12.3 Å². The maximum atomic E-state index is 10.3. The largest absolute Gasteiger partial charge is 0.481 e. The summed E-state index contributed by atoms with van der Waals surface area (Å²) in [4.78, 5) is 10.3. The zero-order valence-corrected chi connectivity index (χ0v) is 6.05. The average Bonchev–Trinajstić information content (AvgIpc) is 1.88. The summed E-state index contributed by atoms with van der Waals surface area (Å²) in [5.74, 6) is -0.200. The van der Waals surface area contributed by atoms with Crippen LogP contribution in [-0.2, 0) is 4.79 Å². The third kappa shape index (κ3) is 2.38. The van der Waals surface area contributed by atoms with Gasteiger partial charge in [0.2, 0.25) is 0 Å². The molecule has 2 nitrogen and oxygen atoms in total. The Balaban J connectivity index is 2.19. The quantitative estimate of drug-likeness (QED) is 0.637. The van der Waals surface area contributed by atoms with Crippen molar-refractivity contribution >= 4 is 5.97 Å². The first-order valence-electron chi connectivity index (χ1n) is 3.82. The van der Waals surface area contributed by atoms with Crippen LogP contribution in [0.3, 0.4) is 0 Å². The summed E-state index contributed by atoms with van der Waals surface area (Å²) in [6, 6.07) is 0. The Hall–Kier alpha value is -0.530. The zero-order chi connectivity index (χ0) is 7.40. The maximum Gasteiger partial charge on any atom is 0.303 e. The van der Waals surface area contributed by atoms with E-state index in [0.717, 1.165) is 25.7 Å². The Morgan fingerprint density at radius 2 is 2.10 bits per heavy atom. The van der Waals surface area contributed by atoms with Crippen LogP contribution in [0.5, 0.6) is 0 Å². The van der Waals surface area contributed by atoms with Gasteiger partial charge in [0.15, 0.2) is 0 Å². The maximum absolute atomic E-state index is 10.3. The Morgan fingerprint density at radius 3 is 2.60 bits per heavy atom. The molecule has 1 aliphatic rings. The summed E-state index contributed by atoms with van der Waals surface area (Å²) in [7, 11) is 0. The van der Waals surface area contributed by atoms with Crippen molar-refractivity contribution in [2.45, 2.75) is 32.1 Å². The smallest absolute Gasteiger partial charge is 0.303 e. The van der Waals surface area contributed by atoms with Crippen molar-refractivity contribution in [1.82, 2.24) is 0 Å². The lowest BCUT2D eigenvalue weighted by Crippen LogP contribution is -2.11. The van der Waals surface area contributed by atoms with E-state index in [-0.39, 0.29) is 0 Å². The van der Waals surface area contributed by atoms with Crippen molar-refractivity contribution in [3.8, 4) is 0 Å². The fraction of sp³-hybridized carbons (Fsp3) is 0.750. The Labute approximate surface area is 61.2 Å². The van der Waals surface area contributed by atoms with Crippen LogP contribution >= 0.6 is 0 Å². The Kier molecular flexibility index (Phi) is 2.72. The van der Waals surface area contributed by atoms with Gasteiger partial charge in [-0.05, 0) is 38.0 Å². The predicted molar refractivity (Wildman–Crippen MR) is 38.5 cm³/mol. The summed E-state index contributed by atoms with van der Waals surface area (Å²) in [5.41, 5.74) is 0. The molecular formula is C8H13O2. The van der Waals surface area contributed by atoms with Crippen LogP contribution in [0.25, 0.3) is 0 Å². The molecule has 0 aromatic heterocycles. The van der Waals surface area contributed by atoms with Crippen LogP contribution in [-0.4, -0.2) is 11.1 Å². The highest BCUT2D eigenvalue weighted by Gasteiger charge is 2.15. The normalized spacial score (nSPS) is 20.8. The molecule has 1 fully saturated rings. The van der Waals surface area contributed by atoms with Crippen molar-refractivity contribution < 1.29 is 9.90 Å². The van der Waals surface area contributed by atoms with Crippen molar-refractivity contribution in [2.24, 2.45) is 5.92 Å². The first-order valence-corrected chi connectivity index (χ1v) is 3.82. The third-order valence-electron chi connectivity index (χ3n) is 2.02. The Bertz CT molecular complexity index is 114. The highest BCUT2D eigenvalue weighted by Crippen LogP contribution is 2.25. The van der Waals surface area contributed by atoms with E-state index in [4.69, 9.17) is 5.11 Å². The minimum atomic E-state index is -0.646. The first-order chi connectivity index (χ1) is 4.79. The van der Waals surface area contributed by atoms with Gasteiger partial charge in [0.1, 0.15) is 0 Å². The molecule has 0 amide bonds. The number of carboxylic acid groups (broad SMARTS) is 1. The molecular weight excluding hydrogens is 128 g/mol. The molecule has 0 spiro atoms. The molecule has 1 radical (unpaired) electrons. The van der Waals surface area contributed by atoms with E-state index < -0.39 is 5.97 Å². The molecule has 10 heavy (non-hydrogen) atoms. The molecule has 0 unspecified atom stereocenters. The van der Waals surface area contributed by atoms with E-state index in [1.165, 1.54) is 0 Å². The van der Waals surface area contributed by atoms with E-state index in [1.807, 2.05) is 0 Å². The minimum Gasteiger partial charge on any atom is -0.481 e. The molecule has 57 valence electrons. The second kappa shape index (κ2) is 3.59. The van der Waals surface area contributed by atoms with Gasteiger partial charge in [-0.1, -0.05) is 0 Å². The molecule has 0 aliphatic heterocycles. The lowest BCUT2D eigenvalue weighted by molar-refractivity contribution is -0.138. The highest BCUT2D eigenvalue weighted by molar-refractivity contribution is 5.67. The van der Waals surface area contributed by atoms with Gasteiger partial charge in [0.25, 0.3) is 0 Å². The minimum absolute atomic E-state index is 0.369. The van der Waals surface area contributed by atoms with Gasteiger partial charge in [0.05, 0.1) is 0 Å². The summed E-state index contributed by atoms with van der Waals surface area (Å²) in [6.07, 6.45) is 6.99. The highest BCUT2D eigenvalue weighted by atomic mass is 16.4. The number of hydrogen-bond donors (Lipinski definition) is 1. The monoisotopic (exact) mass is 141 g/mol. The first kappa shape index (κ1) is 7.58. The molecule has 0 aromatic carbocycles. The summed E-state index contributed by atoms with van der Waals surface area (Å²) in [6.45, 7) is 0. The fourth-order valence-electron chi connectivity index (χ4n) is 1.45. The number of carboxylic acids is 1. The van der Waals surface area contributed by atoms with Crippen LogP contribution in [0.15, 0.2) is 0 Å². The average molecular weight is 141 g/mol. The van der Waals surface area contributed by atoms with Gasteiger partial charge >= 0.3 is 5.97 Å². The molecule has 0 saturated heterocycles. The fourth-order valence-corrected chi connectivity index (χ4v) is 1.45. The number of rotatable bonds is 2.